The van der Waals surface area contributed by atoms with E-state index in [1.807, 2.05) is 60.9 Å². The second-order valence-corrected chi connectivity index (χ2v) is 11.8. The van der Waals surface area contributed by atoms with E-state index in [4.69, 9.17) is 0 Å². The van der Waals surface area contributed by atoms with Crippen molar-refractivity contribution >= 4 is 21.8 Å². The maximum absolute atomic E-state index is 13.6. The van der Waals surface area contributed by atoms with E-state index < -0.39 is 10.0 Å². The van der Waals surface area contributed by atoms with Gasteiger partial charge in [-0.15, -0.1) is 0 Å². The highest BCUT2D eigenvalue weighted by Crippen LogP contribution is 2.21. The molecule has 1 saturated heterocycles. The third kappa shape index (κ3) is 8.69. The van der Waals surface area contributed by atoms with E-state index in [0.717, 1.165) is 18.4 Å². The van der Waals surface area contributed by atoms with Gasteiger partial charge in [-0.3, -0.25) is 9.59 Å². The third-order valence-corrected chi connectivity index (χ3v) is 8.24. The molecule has 2 rings (SSSR count). The van der Waals surface area contributed by atoms with Crippen LogP contribution < -0.4 is 0 Å². The van der Waals surface area contributed by atoms with Crippen LogP contribution in [0.5, 0.6) is 0 Å². The Morgan fingerprint density at radius 1 is 1.06 bits per heavy atom. The molecule has 1 aromatic rings. The van der Waals surface area contributed by atoms with Gasteiger partial charge in [0.05, 0.1) is 12.3 Å². The van der Waals surface area contributed by atoms with Gasteiger partial charge in [0, 0.05) is 38.6 Å². The van der Waals surface area contributed by atoms with E-state index in [0.29, 0.717) is 51.9 Å². The van der Waals surface area contributed by atoms with Gasteiger partial charge in [0.15, 0.2) is 0 Å². The topological polar surface area (TPSA) is 78.0 Å². The van der Waals surface area contributed by atoms with Crippen LogP contribution >= 0.6 is 0 Å². The molecular formula is C26H43N3O4S. The van der Waals surface area contributed by atoms with Gasteiger partial charge in [-0.1, -0.05) is 64.4 Å². The average Bonchev–Trinajstić information content (AvgIpc) is 2.81. The predicted molar refractivity (Wildman–Crippen MR) is 137 cm³/mol. The van der Waals surface area contributed by atoms with Crippen molar-refractivity contribution in [1.29, 1.82) is 0 Å². The highest BCUT2D eigenvalue weighted by atomic mass is 32.2. The summed E-state index contributed by atoms with van der Waals surface area (Å²) in [7, 11) is -3.50. The van der Waals surface area contributed by atoms with E-state index in [-0.39, 0.29) is 36.1 Å². The van der Waals surface area contributed by atoms with Crippen molar-refractivity contribution in [2.45, 2.75) is 78.8 Å². The van der Waals surface area contributed by atoms with E-state index >= 15 is 0 Å². The molecular weight excluding hydrogens is 450 g/mol. The second kappa shape index (κ2) is 13.8. The molecule has 0 aromatic heterocycles. The number of piperidine rings is 1. The Morgan fingerprint density at radius 2 is 1.71 bits per heavy atom. The van der Waals surface area contributed by atoms with Crippen LogP contribution in [0, 0.1) is 5.92 Å². The molecule has 7 nitrogen and oxygen atoms in total. The number of hydrogen-bond acceptors (Lipinski definition) is 4. The Morgan fingerprint density at radius 3 is 2.26 bits per heavy atom. The zero-order chi connectivity index (χ0) is 25.1. The summed E-state index contributed by atoms with van der Waals surface area (Å²) < 4.78 is 27.1. The molecule has 8 heteroatoms. The molecule has 1 aliphatic rings. The van der Waals surface area contributed by atoms with E-state index in [2.05, 4.69) is 6.92 Å². The smallest absolute Gasteiger partial charge is 0.238 e. The highest BCUT2D eigenvalue weighted by Gasteiger charge is 2.32. The number of nitrogens with zero attached hydrogens (tertiary/aromatic N) is 3. The van der Waals surface area contributed by atoms with Crippen LogP contribution in [0.15, 0.2) is 30.3 Å². The first-order valence-electron chi connectivity index (χ1n) is 12.8. The average molecular weight is 494 g/mol. The van der Waals surface area contributed by atoms with Crippen molar-refractivity contribution in [2.24, 2.45) is 5.92 Å². The largest absolute Gasteiger partial charge is 0.343 e. The first-order chi connectivity index (χ1) is 16.2. The standard InChI is InChI=1S/C26H43N3O4S/c1-5-7-13-25(30)27-16-14-24(15-17-27)29(20-23-11-9-8-10-12-23)26(31)21-28(19-22(3)4)34(32,33)18-6-2/h8-12,22,24H,5-7,13-21H2,1-4H3. The molecule has 0 atom stereocenters. The van der Waals surface area contributed by atoms with Gasteiger partial charge < -0.3 is 9.80 Å². The van der Waals surface area contributed by atoms with Gasteiger partial charge in [0.25, 0.3) is 0 Å². The molecule has 0 N–H and O–H groups in total. The highest BCUT2D eigenvalue weighted by molar-refractivity contribution is 7.89. The van der Waals surface area contributed by atoms with Crippen molar-refractivity contribution in [3.63, 3.8) is 0 Å². The SMILES string of the molecule is CCCCC(=O)N1CCC(N(Cc2ccccc2)C(=O)CN(CC(C)C)S(=O)(=O)CCC)CC1. The number of sulfonamides is 1. The summed E-state index contributed by atoms with van der Waals surface area (Å²) >= 11 is 0. The molecule has 0 saturated carbocycles. The minimum absolute atomic E-state index is 0.0160. The van der Waals surface area contributed by atoms with Crippen LogP contribution in [-0.2, 0) is 26.2 Å². The Labute approximate surface area is 206 Å². The number of rotatable bonds is 13. The molecule has 0 bridgehead atoms. The Bertz CT molecular complexity index is 865. The first kappa shape index (κ1) is 28.3. The minimum Gasteiger partial charge on any atom is -0.343 e. The molecule has 0 unspecified atom stereocenters. The molecule has 0 aliphatic carbocycles. The number of benzene rings is 1. The number of hydrogen-bond donors (Lipinski definition) is 0. The zero-order valence-electron chi connectivity index (χ0n) is 21.4. The van der Waals surface area contributed by atoms with E-state index in [1.165, 1.54) is 4.31 Å². The summed E-state index contributed by atoms with van der Waals surface area (Å²) in [5.41, 5.74) is 1.02. The lowest BCUT2D eigenvalue weighted by atomic mass is 10.0. The van der Waals surface area contributed by atoms with Gasteiger partial charge in [-0.05, 0) is 37.2 Å². The number of unbranched alkanes of at least 4 members (excludes halogenated alkanes) is 1. The minimum atomic E-state index is -3.50. The summed E-state index contributed by atoms with van der Waals surface area (Å²) in [6.45, 7) is 9.75. The Balaban J connectivity index is 2.18. The normalized spacial score (nSPS) is 15.2. The van der Waals surface area contributed by atoms with Gasteiger partial charge in [-0.25, -0.2) is 8.42 Å². The molecule has 1 fully saturated rings. The lowest BCUT2D eigenvalue weighted by Gasteiger charge is -2.39. The maximum Gasteiger partial charge on any atom is 0.238 e. The molecule has 1 aromatic carbocycles. The van der Waals surface area contributed by atoms with E-state index in [1.54, 1.807) is 0 Å². The first-order valence-corrected chi connectivity index (χ1v) is 14.4. The predicted octanol–water partition coefficient (Wildman–Crippen LogP) is 3.89. The van der Waals surface area contributed by atoms with Gasteiger partial charge >= 0.3 is 0 Å². The van der Waals surface area contributed by atoms with Gasteiger partial charge in [0.1, 0.15) is 0 Å². The summed E-state index contributed by atoms with van der Waals surface area (Å²) in [5, 5.41) is 0. The van der Waals surface area contributed by atoms with Crippen molar-refractivity contribution in [2.75, 3.05) is 31.9 Å². The van der Waals surface area contributed by atoms with Crippen molar-refractivity contribution in [1.82, 2.24) is 14.1 Å². The van der Waals surface area contributed by atoms with Gasteiger partial charge in [-0.2, -0.15) is 4.31 Å². The molecule has 192 valence electrons. The van der Waals surface area contributed by atoms with Crippen molar-refractivity contribution in [3.8, 4) is 0 Å². The molecule has 34 heavy (non-hydrogen) atoms. The van der Waals surface area contributed by atoms with Crippen LogP contribution in [0.2, 0.25) is 0 Å². The summed E-state index contributed by atoms with van der Waals surface area (Å²) in [6, 6.07) is 9.80. The number of amides is 2. The summed E-state index contributed by atoms with van der Waals surface area (Å²) in [5.74, 6) is 0.193. The molecule has 1 heterocycles. The second-order valence-electron chi connectivity index (χ2n) is 9.73. The van der Waals surface area contributed by atoms with E-state index in [9.17, 15) is 18.0 Å². The summed E-state index contributed by atoms with van der Waals surface area (Å²) in [6.07, 6.45) is 4.41. The van der Waals surface area contributed by atoms with Crippen molar-refractivity contribution in [3.05, 3.63) is 35.9 Å². The van der Waals surface area contributed by atoms with Crippen LogP contribution in [0.4, 0.5) is 0 Å². The lowest BCUT2D eigenvalue weighted by molar-refractivity contribution is -0.137. The number of likely N-dealkylation sites (tertiary alicyclic amines) is 1. The molecule has 1 aliphatic heterocycles. The molecule has 0 spiro atoms. The molecule has 0 radical (unpaired) electrons. The van der Waals surface area contributed by atoms with Crippen LogP contribution in [0.1, 0.15) is 71.8 Å². The fraction of sp³-hybridized carbons (Fsp3) is 0.692. The zero-order valence-corrected chi connectivity index (χ0v) is 22.2. The fourth-order valence-electron chi connectivity index (χ4n) is 4.43. The van der Waals surface area contributed by atoms with Crippen molar-refractivity contribution < 1.29 is 18.0 Å². The Kier molecular flexibility index (Phi) is 11.5. The van der Waals surface area contributed by atoms with Gasteiger partial charge in [0.2, 0.25) is 21.8 Å². The number of carbonyl (C=O) groups excluding carboxylic acids is 2. The molecule has 2 amide bonds. The quantitative estimate of drug-likeness (QED) is 0.418. The third-order valence-electron chi connectivity index (χ3n) is 6.25. The fourth-order valence-corrected chi connectivity index (χ4v) is 6.03. The van der Waals surface area contributed by atoms with Crippen LogP contribution in [-0.4, -0.2) is 72.3 Å². The number of carbonyl (C=O) groups is 2. The van der Waals surface area contributed by atoms with Crippen LogP contribution in [0.3, 0.4) is 0 Å². The maximum atomic E-state index is 13.6. The monoisotopic (exact) mass is 493 g/mol. The summed E-state index contributed by atoms with van der Waals surface area (Å²) in [4.78, 5) is 29.8. The Hall–Kier alpha value is -1.93. The van der Waals surface area contributed by atoms with Crippen LogP contribution in [0.25, 0.3) is 0 Å². The lowest BCUT2D eigenvalue weighted by Crippen LogP contribution is -2.51.